The highest BCUT2D eigenvalue weighted by Gasteiger charge is 2.32. The van der Waals surface area contributed by atoms with Crippen LogP contribution in [0.3, 0.4) is 0 Å². The number of nitriles is 1. The Hall–Kier alpha value is -2.28. The molecule has 1 aliphatic heterocycles. The van der Waals surface area contributed by atoms with Crippen LogP contribution in [-0.2, 0) is 17.8 Å². The summed E-state index contributed by atoms with van der Waals surface area (Å²) in [6.45, 7) is 1.64. The normalized spacial score (nSPS) is 15.6. The lowest BCUT2D eigenvalue weighted by Crippen LogP contribution is -2.41. The maximum atomic E-state index is 10.7. The van der Waals surface area contributed by atoms with Crippen LogP contribution in [0.2, 0.25) is 0 Å². The van der Waals surface area contributed by atoms with E-state index in [-0.39, 0.29) is 19.8 Å². The second-order valence-electron chi connectivity index (χ2n) is 5.26. The summed E-state index contributed by atoms with van der Waals surface area (Å²) in [6.07, 6.45) is -1.20. The number of carboxylic acid groups (broad SMARTS) is 1. The smallest absolute Gasteiger partial charge is 0.490 e. The first-order chi connectivity index (χ1) is 10.3. The molecule has 1 aromatic rings. The Morgan fingerprint density at radius 1 is 1.68 bits per heavy atom. The van der Waals surface area contributed by atoms with Crippen LogP contribution in [0.1, 0.15) is 18.1 Å². The summed E-state index contributed by atoms with van der Waals surface area (Å²) in [4.78, 5) is 10.7. The molecule has 1 unspecified atom stereocenters. The largest absolute Gasteiger partial charge is 0.492 e. The van der Waals surface area contributed by atoms with E-state index in [1.807, 2.05) is 6.07 Å². The Bertz CT molecular complexity index is 629. The summed E-state index contributed by atoms with van der Waals surface area (Å²) < 4.78 is 10.7. The number of fused-ring (bicyclic) bond motifs is 1. The molecule has 2 rings (SSSR count). The fourth-order valence-electron chi connectivity index (χ4n) is 2.12. The number of nitrogens with zero attached hydrogens (tertiary/aromatic N) is 1. The molecule has 0 spiro atoms. The van der Waals surface area contributed by atoms with Gasteiger partial charge < -0.3 is 30.6 Å². The zero-order chi connectivity index (χ0) is 16.3. The maximum Gasteiger partial charge on any atom is 0.492 e. The first-order valence-electron chi connectivity index (χ1n) is 6.58. The number of carbonyl (C=O) groups is 1. The van der Waals surface area contributed by atoms with Gasteiger partial charge in [0.05, 0.1) is 12.7 Å². The number of benzene rings is 1. The highest BCUT2D eigenvalue weighted by Crippen LogP contribution is 2.23. The first-order valence-corrected chi connectivity index (χ1v) is 6.58. The van der Waals surface area contributed by atoms with E-state index in [1.165, 1.54) is 6.92 Å². The SMILES string of the molecule is CC(N)(C#N)COc1ccc2c(c1CNC(=O)O)B(O)OC2. The van der Waals surface area contributed by atoms with Gasteiger partial charge in [-0.2, -0.15) is 5.26 Å². The predicted molar refractivity (Wildman–Crippen MR) is 77.4 cm³/mol. The molecule has 0 bridgehead atoms. The fourth-order valence-corrected chi connectivity index (χ4v) is 2.12. The van der Waals surface area contributed by atoms with Crippen LogP contribution in [0.15, 0.2) is 12.1 Å². The second kappa shape index (κ2) is 6.23. The molecule has 0 aromatic heterocycles. The van der Waals surface area contributed by atoms with Crippen molar-refractivity contribution in [2.75, 3.05) is 6.61 Å². The minimum absolute atomic E-state index is 0.0535. The van der Waals surface area contributed by atoms with Crippen LogP contribution in [-0.4, -0.2) is 35.5 Å². The lowest BCUT2D eigenvalue weighted by Gasteiger charge is -2.20. The number of nitrogens with one attached hydrogen (secondary N) is 1. The summed E-state index contributed by atoms with van der Waals surface area (Å²) in [7, 11) is -1.13. The van der Waals surface area contributed by atoms with Crippen LogP contribution in [0.25, 0.3) is 0 Å². The molecule has 0 radical (unpaired) electrons. The van der Waals surface area contributed by atoms with Crippen molar-refractivity contribution in [2.24, 2.45) is 5.73 Å². The molecule has 22 heavy (non-hydrogen) atoms. The molecule has 1 aliphatic rings. The Balaban J connectivity index is 2.31. The van der Waals surface area contributed by atoms with E-state index in [9.17, 15) is 9.82 Å². The summed E-state index contributed by atoms with van der Waals surface area (Å²) in [5, 5.41) is 29.8. The van der Waals surface area contributed by atoms with Gasteiger partial charge in [-0.25, -0.2) is 4.79 Å². The van der Waals surface area contributed by atoms with Crippen LogP contribution in [0.5, 0.6) is 5.75 Å². The highest BCUT2D eigenvalue weighted by atomic mass is 16.5. The molecule has 0 fully saturated rings. The van der Waals surface area contributed by atoms with E-state index < -0.39 is 18.8 Å². The molecular weight excluding hydrogens is 289 g/mol. The second-order valence-corrected chi connectivity index (χ2v) is 5.26. The van der Waals surface area contributed by atoms with Crippen molar-refractivity contribution in [2.45, 2.75) is 25.6 Å². The molecule has 0 saturated heterocycles. The average molecular weight is 305 g/mol. The molecule has 5 N–H and O–H groups in total. The van der Waals surface area contributed by atoms with E-state index in [0.717, 1.165) is 5.56 Å². The zero-order valence-electron chi connectivity index (χ0n) is 12.0. The molecule has 1 aromatic carbocycles. The van der Waals surface area contributed by atoms with Gasteiger partial charge in [0.25, 0.3) is 0 Å². The molecule has 1 amide bonds. The van der Waals surface area contributed by atoms with Crippen molar-refractivity contribution in [3.63, 3.8) is 0 Å². The Labute approximate surface area is 127 Å². The van der Waals surface area contributed by atoms with Gasteiger partial charge in [-0.3, -0.25) is 0 Å². The van der Waals surface area contributed by atoms with Gasteiger partial charge in [-0.1, -0.05) is 6.07 Å². The molecular formula is C13H16BN3O5. The van der Waals surface area contributed by atoms with Crippen LogP contribution in [0.4, 0.5) is 4.79 Å². The van der Waals surface area contributed by atoms with Gasteiger partial charge >= 0.3 is 13.2 Å². The lowest BCUT2D eigenvalue weighted by molar-refractivity contribution is 0.193. The molecule has 9 heteroatoms. The minimum atomic E-state index is -1.20. The van der Waals surface area contributed by atoms with Gasteiger partial charge in [0, 0.05) is 12.1 Å². The fraction of sp³-hybridized carbons (Fsp3) is 0.385. The van der Waals surface area contributed by atoms with Gasteiger partial charge in [-0.15, -0.1) is 0 Å². The summed E-state index contributed by atoms with van der Waals surface area (Å²) in [5.74, 6) is 0.351. The third-order valence-electron chi connectivity index (χ3n) is 3.25. The van der Waals surface area contributed by atoms with E-state index in [0.29, 0.717) is 16.8 Å². The predicted octanol–water partition coefficient (Wildman–Crippen LogP) is -0.708. The summed E-state index contributed by atoms with van der Waals surface area (Å²) >= 11 is 0. The zero-order valence-corrected chi connectivity index (χ0v) is 12.0. The number of hydrogen-bond donors (Lipinski definition) is 4. The van der Waals surface area contributed by atoms with E-state index in [2.05, 4.69) is 5.32 Å². The monoisotopic (exact) mass is 305 g/mol. The maximum absolute atomic E-state index is 10.7. The number of rotatable bonds is 5. The molecule has 1 heterocycles. The van der Waals surface area contributed by atoms with Gasteiger partial charge in [0.1, 0.15) is 17.9 Å². The Kier molecular flexibility index (Phi) is 4.56. The van der Waals surface area contributed by atoms with E-state index >= 15 is 0 Å². The summed E-state index contributed by atoms with van der Waals surface area (Å²) in [6, 6.07) is 5.28. The number of amides is 1. The molecule has 8 nitrogen and oxygen atoms in total. The molecule has 1 atom stereocenters. The highest BCUT2D eigenvalue weighted by molar-refractivity contribution is 6.62. The van der Waals surface area contributed by atoms with Gasteiger partial charge in [0.2, 0.25) is 0 Å². The van der Waals surface area contributed by atoms with Gasteiger partial charge in [-0.05, 0) is 24.0 Å². The standard InChI is InChI=1S/C13H16BN3O5/c1-13(16,6-15)7-21-10-3-2-8-5-22-14(20)11(8)9(10)4-17-12(18)19/h2-3,17,20H,4-5,7,16H2,1H3,(H,18,19). The third-order valence-corrected chi connectivity index (χ3v) is 3.25. The number of nitrogens with two attached hydrogens (primary N) is 1. The first kappa shape index (κ1) is 16.1. The molecule has 0 saturated carbocycles. The van der Waals surface area contributed by atoms with Gasteiger partial charge in [0.15, 0.2) is 0 Å². The minimum Gasteiger partial charge on any atom is -0.490 e. The van der Waals surface area contributed by atoms with Crippen LogP contribution < -0.4 is 21.3 Å². The third kappa shape index (κ3) is 3.48. The lowest BCUT2D eigenvalue weighted by atomic mass is 9.76. The molecule has 116 valence electrons. The van der Waals surface area contributed by atoms with E-state index in [1.54, 1.807) is 12.1 Å². The van der Waals surface area contributed by atoms with Crippen molar-refractivity contribution >= 4 is 18.7 Å². The van der Waals surface area contributed by atoms with Crippen molar-refractivity contribution in [3.8, 4) is 11.8 Å². The number of ether oxygens (including phenoxy) is 1. The van der Waals surface area contributed by atoms with E-state index in [4.69, 9.17) is 25.5 Å². The van der Waals surface area contributed by atoms with Crippen molar-refractivity contribution in [3.05, 3.63) is 23.3 Å². The van der Waals surface area contributed by atoms with Crippen molar-refractivity contribution in [1.29, 1.82) is 5.26 Å². The Morgan fingerprint density at radius 3 is 3.05 bits per heavy atom. The van der Waals surface area contributed by atoms with Crippen molar-refractivity contribution in [1.82, 2.24) is 5.32 Å². The number of hydrogen-bond acceptors (Lipinski definition) is 6. The summed E-state index contributed by atoms with van der Waals surface area (Å²) in [5.41, 5.74) is 6.25. The Morgan fingerprint density at radius 2 is 2.41 bits per heavy atom. The quantitative estimate of drug-likeness (QED) is 0.527. The van der Waals surface area contributed by atoms with Crippen LogP contribution in [0, 0.1) is 11.3 Å². The van der Waals surface area contributed by atoms with Crippen LogP contribution >= 0.6 is 0 Å². The molecule has 0 aliphatic carbocycles. The topological polar surface area (TPSA) is 138 Å². The van der Waals surface area contributed by atoms with Crippen molar-refractivity contribution < 1.29 is 24.3 Å². The average Bonchev–Trinajstić information content (AvgIpc) is 2.85.